The van der Waals surface area contributed by atoms with Gasteiger partial charge in [0.15, 0.2) is 5.16 Å². The summed E-state index contributed by atoms with van der Waals surface area (Å²) in [6, 6.07) is 11.7. The van der Waals surface area contributed by atoms with Gasteiger partial charge in [0.25, 0.3) is 0 Å². The molecule has 5 aromatic rings. The zero-order valence-corrected chi connectivity index (χ0v) is 16.1. The summed E-state index contributed by atoms with van der Waals surface area (Å²) in [4.78, 5) is 18.1. The second-order valence-corrected chi connectivity index (χ2v) is 7.02. The van der Waals surface area contributed by atoms with Crippen molar-refractivity contribution < 1.29 is 4.74 Å². The Morgan fingerprint density at radius 1 is 1.04 bits per heavy atom. The number of nitrogens with two attached hydrogens (primary N) is 1. The van der Waals surface area contributed by atoms with Crippen molar-refractivity contribution in [2.45, 2.75) is 5.16 Å². The molecule has 0 fully saturated rings. The highest BCUT2D eigenvalue weighted by atomic mass is 32.2. The molecule has 138 valence electrons. The van der Waals surface area contributed by atoms with E-state index >= 15 is 0 Å². The molecule has 1 aromatic carbocycles. The predicted molar refractivity (Wildman–Crippen MR) is 112 cm³/mol. The van der Waals surface area contributed by atoms with Crippen LogP contribution in [0.4, 0.5) is 5.95 Å². The van der Waals surface area contributed by atoms with Gasteiger partial charge in [-0.1, -0.05) is 11.8 Å². The van der Waals surface area contributed by atoms with Gasteiger partial charge in [-0.3, -0.25) is 4.40 Å². The first-order valence-corrected chi connectivity index (χ1v) is 9.83. The molecule has 5 rings (SSSR count). The zero-order valence-electron chi connectivity index (χ0n) is 15.2. The smallest absolute Gasteiger partial charge is 0.206 e. The van der Waals surface area contributed by atoms with Crippen LogP contribution in [0.3, 0.4) is 0 Å². The number of pyridine rings is 1. The molecule has 8 heteroatoms. The van der Waals surface area contributed by atoms with E-state index in [2.05, 4.69) is 16.0 Å². The van der Waals surface area contributed by atoms with Crippen LogP contribution >= 0.6 is 11.8 Å². The maximum atomic E-state index is 6.21. The summed E-state index contributed by atoms with van der Waals surface area (Å²) in [5, 5.41) is 2.64. The Morgan fingerprint density at radius 2 is 1.89 bits per heavy atom. The SMILES string of the molecule is COc1ccc2nc3c(cc2c1)c(-c1ccnc(SC)n1)c1ccnc(N)n13. The predicted octanol–water partition coefficient (Wildman–Crippen LogP) is 3.81. The highest BCUT2D eigenvalue weighted by Crippen LogP contribution is 2.37. The molecule has 28 heavy (non-hydrogen) atoms. The van der Waals surface area contributed by atoms with Gasteiger partial charge in [-0.05, 0) is 42.7 Å². The number of fused-ring (bicyclic) bond motifs is 4. The Morgan fingerprint density at radius 3 is 2.71 bits per heavy atom. The van der Waals surface area contributed by atoms with Gasteiger partial charge in [-0.25, -0.2) is 19.9 Å². The van der Waals surface area contributed by atoms with E-state index in [4.69, 9.17) is 20.4 Å². The standard InChI is InChI=1S/C20H16N6OS/c1-27-12-3-4-14-11(9-12)10-13-17(15-5-7-23-20(25-15)28-2)16-6-8-22-19(21)26(16)18(13)24-14/h3-10H,1-2H3,(H2,21,22). The van der Waals surface area contributed by atoms with Crippen LogP contribution in [0, 0.1) is 0 Å². The van der Waals surface area contributed by atoms with Crippen LogP contribution in [0.15, 0.2) is 53.9 Å². The van der Waals surface area contributed by atoms with Crippen LogP contribution in [-0.4, -0.2) is 37.7 Å². The second kappa shape index (κ2) is 6.35. The van der Waals surface area contributed by atoms with Gasteiger partial charge in [-0.2, -0.15) is 0 Å². The molecule has 0 saturated carbocycles. The fourth-order valence-electron chi connectivity index (χ4n) is 3.47. The quantitative estimate of drug-likeness (QED) is 0.371. The minimum Gasteiger partial charge on any atom is -0.497 e. The van der Waals surface area contributed by atoms with Crippen molar-refractivity contribution in [2.24, 2.45) is 0 Å². The van der Waals surface area contributed by atoms with E-state index in [1.165, 1.54) is 11.8 Å². The van der Waals surface area contributed by atoms with E-state index in [-0.39, 0.29) is 0 Å². The van der Waals surface area contributed by atoms with Crippen molar-refractivity contribution in [3.8, 4) is 17.0 Å². The number of ether oxygens (including phenoxy) is 1. The third kappa shape index (κ3) is 2.45. The van der Waals surface area contributed by atoms with Crippen LogP contribution in [0.25, 0.3) is 38.7 Å². The number of aromatic nitrogens is 5. The number of methoxy groups -OCH3 is 1. The van der Waals surface area contributed by atoms with Crippen LogP contribution in [0.2, 0.25) is 0 Å². The largest absolute Gasteiger partial charge is 0.497 e. The minimum atomic E-state index is 0.383. The van der Waals surface area contributed by atoms with Gasteiger partial charge in [-0.15, -0.1) is 0 Å². The van der Waals surface area contributed by atoms with E-state index in [0.717, 1.165) is 44.5 Å². The number of nitrogens with zero attached hydrogens (tertiary/aromatic N) is 5. The number of benzene rings is 1. The number of hydrogen-bond donors (Lipinski definition) is 1. The summed E-state index contributed by atoms with van der Waals surface area (Å²) in [6.45, 7) is 0. The molecule has 4 aromatic heterocycles. The first kappa shape index (κ1) is 16.8. The third-order valence-corrected chi connectivity index (χ3v) is 5.28. The molecule has 2 N–H and O–H groups in total. The summed E-state index contributed by atoms with van der Waals surface area (Å²) < 4.78 is 7.24. The molecule has 0 saturated heterocycles. The lowest BCUT2D eigenvalue weighted by molar-refractivity contribution is 0.415. The third-order valence-electron chi connectivity index (χ3n) is 4.72. The van der Waals surface area contributed by atoms with Gasteiger partial charge in [0.05, 0.1) is 23.8 Å². The fraction of sp³-hybridized carbons (Fsp3) is 0.100. The second-order valence-electron chi connectivity index (χ2n) is 6.25. The number of rotatable bonds is 3. The average molecular weight is 388 g/mol. The first-order chi connectivity index (χ1) is 13.7. The van der Waals surface area contributed by atoms with E-state index < -0.39 is 0 Å². The lowest BCUT2D eigenvalue weighted by atomic mass is 10.1. The Hall–Kier alpha value is -3.39. The van der Waals surface area contributed by atoms with Crippen molar-refractivity contribution in [1.29, 1.82) is 0 Å². The van der Waals surface area contributed by atoms with E-state index in [1.54, 1.807) is 19.5 Å². The van der Waals surface area contributed by atoms with Crippen molar-refractivity contribution in [2.75, 3.05) is 19.1 Å². The highest BCUT2D eigenvalue weighted by molar-refractivity contribution is 7.98. The Bertz CT molecular complexity index is 1360. The lowest BCUT2D eigenvalue weighted by Gasteiger charge is -2.04. The molecule has 0 bridgehead atoms. The Balaban J connectivity index is 1.95. The molecule has 0 aliphatic heterocycles. The number of hydrogen-bond acceptors (Lipinski definition) is 7. The molecular formula is C20H16N6OS. The maximum absolute atomic E-state index is 6.21. The minimum absolute atomic E-state index is 0.383. The van der Waals surface area contributed by atoms with E-state index in [0.29, 0.717) is 11.1 Å². The number of anilines is 1. The molecule has 4 heterocycles. The molecular weight excluding hydrogens is 372 g/mol. The van der Waals surface area contributed by atoms with Gasteiger partial charge >= 0.3 is 0 Å². The number of thioether (sulfide) groups is 1. The summed E-state index contributed by atoms with van der Waals surface area (Å²) in [7, 11) is 1.66. The van der Waals surface area contributed by atoms with E-state index in [1.807, 2.05) is 41.0 Å². The van der Waals surface area contributed by atoms with Crippen molar-refractivity contribution in [3.05, 3.63) is 48.8 Å². The number of nitrogen functional groups attached to an aromatic ring is 1. The molecule has 0 unspecified atom stereocenters. The van der Waals surface area contributed by atoms with Gasteiger partial charge in [0.2, 0.25) is 5.95 Å². The van der Waals surface area contributed by atoms with Crippen molar-refractivity contribution in [3.63, 3.8) is 0 Å². The van der Waals surface area contributed by atoms with Crippen molar-refractivity contribution in [1.82, 2.24) is 24.3 Å². The summed E-state index contributed by atoms with van der Waals surface area (Å²) in [5.41, 5.74) is 10.5. The summed E-state index contributed by atoms with van der Waals surface area (Å²) in [5.74, 6) is 1.17. The molecule has 7 nitrogen and oxygen atoms in total. The summed E-state index contributed by atoms with van der Waals surface area (Å²) >= 11 is 1.50. The Labute approximate surface area is 164 Å². The lowest BCUT2D eigenvalue weighted by Crippen LogP contribution is -2.00. The fourth-order valence-corrected chi connectivity index (χ4v) is 3.82. The van der Waals surface area contributed by atoms with Crippen molar-refractivity contribution >= 4 is 45.2 Å². The maximum Gasteiger partial charge on any atom is 0.206 e. The van der Waals surface area contributed by atoms with Crippen LogP contribution < -0.4 is 10.5 Å². The highest BCUT2D eigenvalue weighted by Gasteiger charge is 2.19. The first-order valence-electron chi connectivity index (χ1n) is 8.60. The summed E-state index contributed by atoms with van der Waals surface area (Å²) in [6.07, 6.45) is 5.43. The van der Waals surface area contributed by atoms with Gasteiger partial charge < -0.3 is 10.5 Å². The normalized spacial score (nSPS) is 11.5. The van der Waals surface area contributed by atoms with Crippen LogP contribution in [0.5, 0.6) is 5.75 Å². The molecule has 0 amide bonds. The average Bonchev–Trinajstić information content (AvgIpc) is 3.06. The molecule has 0 aliphatic carbocycles. The topological polar surface area (TPSA) is 91.2 Å². The molecule has 0 radical (unpaired) electrons. The molecule has 0 aliphatic rings. The zero-order chi connectivity index (χ0) is 19.3. The van der Waals surface area contributed by atoms with E-state index in [9.17, 15) is 0 Å². The monoisotopic (exact) mass is 388 g/mol. The van der Waals surface area contributed by atoms with Gasteiger partial charge in [0, 0.05) is 28.7 Å². The molecule has 0 spiro atoms. The molecule has 0 atom stereocenters. The van der Waals surface area contributed by atoms with Gasteiger partial charge in [0.1, 0.15) is 11.4 Å². The van der Waals surface area contributed by atoms with Crippen LogP contribution in [0.1, 0.15) is 0 Å². The van der Waals surface area contributed by atoms with Crippen LogP contribution in [-0.2, 0) is 0 Å². The Kier molecular flexibility index (Phi) is 3.80.